The molecule has 2 atom stereocenters. The number of carbonyl (C=O) groups is 3. The van der Waals surface area contributed by atoms with Gasteiger partial charge in [0, 0.05) is 12.0 Å². The molecule has 2 aliphatic rings. The highest BCUT2D eigenvalue weighted by Gasteiger charge is 2.49. The Hall–Kier alpha value is -4.64. The van der Waals surface area contributed by atoms with Crippen molar-refractivity contribution in [2.24, 2.45) is 0 Å². The number of anilines is 1. The number of fused-ring (bicyclic) bond motifs is 1. The van der Waals surface area contributed by atoms with Gasteiger partial charge < -0.3 is 24.1 Å². The van der Waals surface area contributed by atoms with Crippen LogP contribution in [0.3, 0.4) is 0 Å². The first-order chi connectivity index (χ1) is 21.7. The molecule has 0 aliphatic carbocycles. The van der Waals surface area contributed by atoms with Crippen LogP contribution >= 0.6 is 11.3 Å². The molecule has 3 heterocycles. The summed E-state index contributed by atoms with van der Waals surface area (Å²) in [5.41, 5.74) is 1.99. The molecule has 0 radical (unpaired) electrons. The maximum Gasteiger partial charge on any atom is 0.350 e. The molecule has 2 aliphatic heterocycles. The summed E-state index contributed by atoms with van der Waals surface area (Å²) in [6.07, 6.45) is 3.90. The zero-order chi connectivity index (χ0) is 32.2. The molecule has 2 aromatic carbocycles. The summed E-state index contributed by atoms with van der Waals surface area (Å²) < 4.78 is 22.9. The molecule has 1 N–H and O–H groups in total. The van der Waals surface area contributed by atoms with E-state index >= 15 is 0 Å². The van der Waals surface area contributed by atoms with Gasteiger partial charge >= 0.3 is 11.9 Å². The summed E-state index contributed by atoms with van der Waals surface area (Å²) in [5, 5.41) is 11.8. The predicted molar refractivity (Wildman–Crippen MR) is 170 cm³/mol. The van der Waals surface area contributed by atoms with Gasteiger partial charge in [-0.2, -0.15) is 0 Å². The van der Waals surface area contributed by atoms with E-state index in [4.69, 9.17) is 18.9 Å². The average molecular weight is 633 g/mol. The third-order valence-electron chi connectivity index (χ3n) is 7.46. The fourth-order valence-electron chi connectivity index (χ4n) is 5.35. The number of ether oxygens (including phenoxy) is 4. The Kier molecular flexibility index (Phi) is 9.57. The minimum atomic E-state index is -1.08. The van der Waals surface area contributed by atoms with E-state index in [0.717, 1.165) is 29.7 Å². The zero-order valence-corrected chi connectivity index (χ0v) is 26.6. The molecule has 11 heteroatoms. The highest BCUT2D eigenvalue weighted by atomic mass is 32.1. The van der Waals surface area contributed by atoms with Gasteiger partial charge in [-0.25, -0.2) is 9.78 Å². The van der Waals surface area contributed by atoms with E-state index in [0.29, 0.717) is 53.7 Å². The molecule has 10 nitrogen and oxygen atoms in total. The SMILES string of the molecule is C=CCOC(=O)c1sc(N2C(=O)C(=O)/C(=C(/O)c3ccc4c(c3)C[C@H](C)O4)[C@@H]2c2ccc(OCCCC)c(OCC)c2)nc1C. The molecule has 1 amide bonds. The summed E-state index contributed by atoms with van der Waals surface area (Å²) in [6.45, 7) is 11.9. The summed E-state index contributed by atoms with van der Waals surface area (Å²) >= 11 is 0.933. The lowest BCUT2D eigenvalue weighted by Crippen LogP contribution is -2.29. The standard InChI is InChI=1S/C34H36N2O8S/c1-6-9-15-42-25-13-10-21(18-26(25)41-8-3)28-27(29(37)22-11-12-24-23(17-22)16-19(4)44-24)30(38)32(39)36(28)34-35-20(5)31(45-34)33(40)43-14-7-2/h7,10-13,17-19,28,37H,2,6,8-9,14-16H2,1,3-5H3/b29-27+/t19-,28-/m0/s1. The van der Waals surface area contributed by atoms with Crippen molar-refractivity contribution in [2.75, 3.05) is 24.7 Å². The zero-order valence-electron chi connectivity index (χ0n) is 25.8. The van der Waals surface area contributed by atoms with Gasteiger partial charge in [0.2, 0.25) is 0 Å². The van der Waals surface area contributed by atoms with Gasteiger partial charge in [0.25, 0.3) is 5.78 Å². The molecule has 0 bridgehead atoms. The van der Waals surface area contributed by atoms with Gasteiger partial charge in [0.15, 0.2) is 16.6 Å². The summed E-state index contributed by atoms with van der Waals surface area (Å²) in [7, 11) is 0. The van der Waals surface area contributed by atoms with Crippen molar-refractivity contribution in [1.82, 2.24) is 4.98 Å². The number of rotatable bonds is 12. The van der Waals surface area contributed by atoms with Crippen LogP contribution in [0.1, 0.15) is 71.7 Å². The second-order valence-corrected chi connectivity index (χ2v) is 11.7. The average Bonchev–Trinajstić information content (AvgIpc) is 3.67. The first kappa shape index (κ1) is 31.8. The van der Waals surface area contributed by atoms with Crippen LogP contribution in [0.5, 0.6) is 17.2 Å². The highest BCUT2D eigenvalue weighted by Crippen LogP contribution is 2.46. The van der Waals surface area contributed by atoms with Crippen LogP contribution in [-0.2, 0) is 20.7 Å². The number of hydrogen-bond acceptors (Lipinski definition) is 10. The third kappa shape index (κ3) is 6.30. The summed E-state index contributed by atoms with van der Waals surface area (Å²) in [6, 6.07) is 9.28. The molecule has 1 saturated heterocycles. The molecular weight excluding hydrogens is 596 g/mol. The summed E-state index contributed by atoms with van der Waals surface area (Å²) in [4.78, 5) is 46.2. The van der Waals surface area contributed by atoms with Crippen molar-refractivity contribution in [2.45, 2.75) is 59.1 Å². The van der Waals surface area contributed by atoms with E-state index in [-0.39, 0.29) is 34.1 Å². The van der Waals surface area contributed by atoms with Crippen molar-refractivity contribution in [3.8, 4) is 17.2 Å². The van der Waals surface area contributed by atoms with Crippen molar-refractivity contribution >= 4 is 39.9 Å². The Morgan fingerprint density at radius 2 is 1.98 bits per heavy atom. The molecule has 236 valence electrons. The number of esters is 1. The number of benzene rings is 2. The van der Waals surface area contributed by atoms with Crippen LogP contribution in [0.25, 0.3) is 5.76 Å². The molecule has 1 fully saturated rings. The van der Waals surface area contributed by atoms with E-state index < -0.39 is 23.7 Å². The van der Waals surface area contributed by atoms with Crippen molar-refractivity contribution in [3.05, 3.63) is 81.9 Å². The van der Waals surface area contributed by atoms with E-state index in [1.807, 2.05) is 13.8 Å². The minimum absolute atomic E-state index is 0.00744. The number of unbranched alkanes of at least 4 members (excludes halogenated alkanes) is 1. The van der Waals surface area contributed by atoms with Gasteiger partial charge in [0.1, 0.15) is 29.1 Å². The molecule has 0 unspecified atom stereocenters. The van der Waals surface area contributed by atoms with Crippen LogP contribution in [0.4, 0.5) is 5.13 Å². The molecular formula is C34H36N2O8S. The number of amides is 1. The van der Waals surface area contributed by atoms with Crippen LogP contribution in [0, 0.1) is 6.92 Å². The van der Waals surface area contributed by atoms with Gasteiger partial charge in [-0.15, -0.1) is 0 Å². The second-order valence-electron chi connectivity index (χ2n) is 10.8. The molecule has 5 rings (SSSR count). The number of nitrogens with zero attached hydrogens (tertiary/aromatic N) is 2. The lowest BCUT2D eigenvalue weighted by molar-refractivity contribution is -0.132. The van der Waals surface area contributed by atoms with Crippen LogP contribution in [0.15, 0.2) is 54.6 Å². The lowest BCUT2D eigenvalue weighted by atomic mass is 9.94. The maximum atomic E-state index is 13.8. The first-order valence-electron chi connectivity index (χ1n) is 14.9. The van der Waals surface area contributed by atoms with Gasteiger partial charge in [-0.05, 0) is 68.7 Å². The number of ketones is 1. The highest BCUT2D eigenvalue weighted by molar-refractivity contribution is 7.17. The number of thiazole rings is 1. The normalized spacial score (nSPS) is 18.4. The molecule has 0 saturated carbocycles. The number of carbonyl (C=O) groups excluding carboxylic acids is 3. The van der Waals surface area contributed by atoms with Crippen molar-refractivity contribution in [3.63, 3.8) is 0 Å². The number of aryl methyl sites for hydroxylation is 1. The van der Waals surface area contributed by atoms with Gasteiger partial charge in [-0.1, -0.05) is 43.4 Å². The van der Waals surface area contributed by atoms with E-state index in [9.17, 15) is 19.5 Å². The second kappa shape index (κ2) is 13.6. The Balaban J connectivity index is 1.66. The van der Waals surface area contributed by atoms with Gasteiger partial charge in [0.05, 0.1) is 30.5 Å². The van der Waals surface area contributed by atoms with Crippen LogP contribution in [0.2, 0.25) is 0 Å². The molecule has 3 aromatic rings. The smallest absolute Gasteiger partial charge is 0.350 e. The maximum absolute atomic E-state index is 13.8. The van der Waals surface area contributed by atoms with Crippen LogP contribution < -0.4 is 19.1 Å². The van der Waals surface area contributed by atoms with Crippen molar-refractivity contribution < 1.29 is 38.4 Å². The molecule has 0 spiro atoms. The molecule has 45 heavy (non-hydrogen) atoms. The predicted octanol–water partition coefficient (Wildman–Crippen LogP) is 6.32. The topological polar surface area (TPSA) is 124 Å². The number of hydrogen-bond donors (Lipinski definition) is 1. The number of aliphatic hydroxyl groups is 1. The van der Waals surface area contributed by atoms with E-state index in [1.165, 1.54) is 11.0 Å². The number of Topliss-reactive ketones (excluding diaryl/α,β-unsaturated/α-hetero) is 1. The third-order valence-corrected chi connectivity index (χ3v) is 8.60. The number of aliphatic hydroxyl groups excluding tert-OH is 1. The number of aromatic nitrogens is 1. The Morgan fingerprint density at radius 3 is 2.71 bits per heavy atom. The minimum Gasteiger partial charge on any atom is -0.507 e. The van der Waals surface area contributed by atoms with E-state index in [2.05, 4.69) is 18.5 Å². The Morgan fingerprint density at radius 1 is 1.18 bits per heavy atom. The fraction of sp³-hybridized carbons (Fsp3) is 0.353. The Bertz CT molecular complexity index is 1680. The monoisotopic (exact) mass is 632 g/mol. The summed E-state index contributed by atoms with van der Waals surface area (Å²) in [5.74, 6) is -1.05. The van der Waals surface area contributed by atoms with Gasteiger partial charge in [-0.3, -0.25) is 14.5 Å². The Labute approximate surface area is 265 Å². The largest absolute Gasteiger partial charge is 0.507 e. The quantitative estimate of drug-likeness (QED) is 0.0610. The van der Waals surface area contributed by atoms with Crippen molar-refractivity contribution in [1.29, 1.82) is 0 Å². The fourth-order valence-corrected chi connectivity index (χ4v) is 6.34. The lowest BCUT2D eigenvalue weighted by Gasteiger charge is -2.24. The van der Waals surface area contributed by atoms with Crippen LogP contribution in [-0.4, -0.2) is 53.7 Å². The molecule has 1 aromatic heterocycles. The first-order valence-corrected chi connectivity index (χ1v) is 15.8. The van der Waals surface area contributed by atoms with E-state index in [1.54, 1.807) is 43.3 Å².